The van der Waals surface area contributed by atoms with E-state index in [-0.39, 0.29) is 0 Å². The van der Waals surface area contributed by atoms with Crippen LogP contribution in [-0.4, -0.2) is 39.0 Å². The van der Waals surface area contributed by atoms with E-state index < -0.39 is 5.97 Å². The lowest BCUT2D eigenvalue weighted by Crippen LogP contribution is -2.34. The number of piperidine rings is 1. The number of benzene rings is 1. The quantitative estimate of drug-likeness (QED) is 0.900. The predicted molar refractivity (Wildman–Crippen MR) is 96.8 cm³/mol. The van der Waals surface area contributed by atoms with Gasteiger partial charge < -0.3 is 5.11 Å². The molecule has 5 nitrogen and oxygen atoms in total. The van der Waals surface area contributed by atoms with Gasteiger partial charge in [-0.15, -0.1) is 0 Å². The van der Waals surface area contributed by atoms with Gasteiger partial charge >= 0.3 is 5.97 Å². The number of carbonyl (C=O) groups is 1. The van der Waals surface area contributed by atoms with Gasteiger partial charge in [0.2, 0.25) is 0 Å². The molecular formula is C20H25N3O2. The van der Waals surface area contributed by atoms with Crippen molar-refractivity contribution in [1.29, 1.82) is 0 Å². The number of aromatic nitrogens is 2. The summed E-state index contributed by atoms with van der Waals surface area (Å²) in [5.41, 5.74) is 2.62. The standard InChI is InChI=1S/C20H25N3O2/c1-14(2)19-21-10-15(11-22-19)12-23-8-4-7-18(13-23)16-5-3-6-17(9-16)20(24)25/h3,5-6,9-11,14,18H,4,7-8,12-13H2,1-2H3,(H,24,25). The van der Waals surface area contributed by atoms with Crippen LogP contribution in [-0.2, 0) is 6.54 Å². The minimum atomic E-state index is -0.864. The van der Waals surface area contributed by atoms with Crippen LogP contribution in [0.4, 0.5) is 0 Å². The summed E-state index contributed by atoms with van der Waals surface area (Å²) in [6.07, 6.45) is 6.07. The summed E-state index contributed by atoms with van der Waals surface area (Å²) in [6.45, 7) is 7.02. The topological polar surface area (TPSA) is 66.3 Å². The Balaban J connectivity index is 1.66. The van der Waals surface area contributed by atoms with Crippen molar-refractivity contribution in [2.45, 2.75) is 45.1 Å². The Morgan fingerprint density at radius 1 is 1.32 bits per heavy atom. The molecule has 0 spiro atoms. The molecule has 1 N–H and O–H groups in total. The molecule has 0 saturated carbocycles. The molecule has 1 aliphatic heterocycles. The normalized spacial score (nSPS) is 18.4. The second-order valence-corrected chi connectivity index (χ2v) is 7.11. The second-order valence-electron chi connectivity index (χ2n) is 7.11. The fourth-order valence-corrected chi connectivity index (χ4v) is 3.40. The summed E-state index contributed by atoms with van der Waals surface area (Å²) in [6, 6.07) is 7.36. The fourth-order valence-electron chi connectivity index (χ4n) is 3.40. The van der Waals surface area contributed by atoms with Crippen LogP contribution in [0.25, 0.3) is 0 Å². The largest absolute Gasteiger partial charge is 0.478 e. The molecule has 1 aromatic heterocycles. The molecule has 1 aromatic carbocycles. The second kappa shape index (κ2) is 7.74. The van der Waals surface area contributed by atoms with Crippen LogP contribution >= 0.6 is 0 Å². The van der Waals surface area contributed by atoms with Crippen molar-refractivity contribution >= 4 is 5.97 Å². The zero-order valence-corrected chi connectivity index (χ0v) is 14.9. The van der Waals surface area contributed by atoms with E-state index in [1.165, 1.54) is 0 Å². The molecule has 1 atom stereocenters. The molecule has 0 bridgehead atoms. The molecule has 1 fully saturated rings. The van der Waals surface area contributed by atoms with Gasteiger partial charge in [0.15, 0.2) is 0 Å². The predicted octanol–water partition coefficient (Wildman–Crippen LogP) is 3.68. The van der Waals surface area contributed by atoms with Crippen molar-refractivity contribution in [3.8, 4) is 0 Å². The Morgan fingerprint density at radius 2 is 2.08 bits per heavy atom. The lowest BCUT2D eigenvalue weighted by Gasteiger charge is -2.33. The molecule has 5 heteroatoms. The van der Waals surface area contributed by atoms with Gasteiger partial charge in [0.25, 0.3) is 0 Å². The lowest BCUT2D eigenvalue weighted by molar-refractivity contribution is 0.0696. The van der Waals surface area contributed by atoms with Gasteiger partial charge in [-0.1, -0.05) is 26.0 Å². The van der Waals surface area contributed by atoms with E-state index >= 15 is 0 Å². The number of rotatable bonds is 5. The minimum Gasteiger partial charge on any atom is -0.478 e. The van der Waals surface area contributed by atoms with Crippen LogP contribution in [0.2, 0.25) is 0 Å². The van der Waals surface area contributed by atoms with Crippen LogP contribution < -0.4 is 0 Å². The zero-order chi connectivity index (χ0) is 17.8. The molecule has 0 aliphatic carbocycles. The van der Waals surface area contributed by atoms with E-state index in [9.17, 15) is 9.90 Å². The number of aromatic carboxylic acids is 1. The highest BCUT2D eigenvalue weighted by molar-refractivity contribution is 5.87. The lowest BCUT2D eigenvalue weighted by atomic mass is 9.89. The van der Waals surface area contributed by atoms with Crippen molar-refractivity contribution < 1.29 is 9.90 Å². The summed E-state index contributed by atoms with van der Waals surface area (Å²) in [5.74, 6) is 0.737. The van der Waals surface area contributed by atoms with Crippen molar-refractivity contribution in [2.24, 2.45) is 0 Å². The van der Waals surface area contributed by atoms with Crippen LogP contribution in [0.3, 0.4) is 0 Å². The van der Waals surface area contributed by atoms with E-state index in [4.69, 9.17) is 0 Å². The van der Waals surface area contributed by atoms with Gasteiger partial charge in [0.05, 0.1) is 5.56 Å². The first-order valence-corrected chi connectivity index (χ1v) is 8.89. The first-order chi connectivity index (χ1) is 12.0. The first-order valence-electron chi connectivity index (χ1n) is 8.89. The summed E-state index contributed by atoms with van der Waals surface area (Å²) in [4.78, 5) is 22.5. The smallest absolute Gasteiger partial charge is 0.335 e. The Hall–Kier alpha value is -2.27. The van der Waals surface area contributed by atoms with Crippen molar-refractivity contribution in [3.63, 3.8) is 0 Å². The molecule has 132 valence electrons. The Bertz CT molecular complexity index is 728. The Labute approximate surface area is 148 Å². The highest BCUT2D eigenvalue weighted by atomic mass is 16.4. The average molecular weight is 339 g/mol. The Morgan fingerprint density at radius 3 is 2.76 bits per heavy atom. The molecule has 0 amide bonds. The third-order valence-corrected chi connectivity index (χ3v) is 4.76. The van der Waals surface area contributed by atoms with Crippen molar-refractivity contribution in [2.75, 3.05) is 13.1 Å². The summed E-state index contributed by atoms with van der Waals surface area (Å²) >= 11 is 0. The summed E-state index contributed by atoms with van der Waals surface area (Å²) in [7, 11) is 0. The average Bonchev–Trinajstić information content (AvgIpc) is 2.62. The van der Waals surface area contributed by atoms with Gasteiger partial charge in [-0.25, -0.2) is 14.8 Å². The van der Waals surface area contributed by atoms with Crippen molar-refractivity contribution in [1.82, 2.24) is 14.9 Å². The van der Waals surface area contributed by atoms with Gasteiger partial charge in [-0.05, 0) is 43.0 Å². The van der Waals surface area contributed by atoms with Gasteiger partial charge in [-0.2, -0.15) is 0 Å². The highest BCUT2D eigenvalue weighted by Crippen LogP contribution is 2.28. The molecule has 0 radical (unpaired) electrons. The van der Waals surface area contributed by atoms with Crippen LogP contribution in [0.1, 0.15) is 65.8 Å². The molecule has 2 heterocycles. The molecular weight excluding hydrogens is 314 g/mol. The van der Waals surface area contributed by atoms with Gasteiger partial charge in [0.1, 0.15) is 5.82 Å². The van der Waals surface area contributed by atoms with Crippen LogP contribution in [0.15, 0.2) is 36.7 Å². The maximum absolute atomic E-state index is 11.2. The van der Waals surface area contributed by atoms with E-state index in [1.54, 1.807) is 6.07 Å². The summed E-state index contributed by atoms with van der Waals surface area (Å²) < 4.78 is 0. The maximum atomic E-state index is 11.2. The zero-order valence-electron chi connectivity index (χ0n) is 14.9. The number of likely N-dealkylation sites (tertiary alicyclic amines) is 1. The highest BCUT2D eigenvalue weighted by Gasteiger charge is 2.22. The third-order valence-electron chi connectivity index (χ3n) is 4.76. The van der Waals surface area contributed by atoms with Gasteiger partial charge in [-0.3, -0.25) is 4.90 Å². The number of nitrogens with zero attached hydrogens (tertiary/aromatic N) is 3. The number of hydrogen-bond acceptors (Lipinski definition) is 4. The van der Waals surface area contributed by atoms with Crippen LogP contribution in [0.5, 0.6) is 0 Å². The number of carboxylic acid groups (broad SMARTS) is 1. The van der Waals surface area contributed by atoms with E-state index in [2.05, 4.69) is 28.7 Å². The fraction of sp³-hybridized carbons (Fsp3) is 0.450. The molecule has 1 aliphatic rings. The minimum absolute atomic E-state index is 0.343. The summed E-state index contributed by atoms with van der Waals surface area (Å²) in [5, 5.41) is 9.19. The van der Waals surface area contributed by atoms with Gasteiger partial charge in [0, 0.05) is 37.0 Å². The monoisotopic (exact) mass is 339 g/mol. The Kier molecular flexibility index (Phi) is 5.43. The van der Waals surface area contributed by atoms with Crippen LogP contribution in [0, 0.1) is 0 Å². The van der Waals surface area contributed by atoms with E-state index in [0.29, 0.717) is 17.4 Å². The maximum Gasteiger partial charge on any atom is 0.335 e. The first kappa shape index (κ1) is 17.5. The molecule has 1 saturated heterocycles. The SMILES string of the molecule is CC(C)c1ncc(CN2CCCC(c3cccc(C(=O)O)c3)C2)cn1. The molecule has 2 aromatic rings. The van der Waals surface area contributed by atoms with E-state index in [0.717, 1.165) is 49.4 Å². The molecule has 1 unspecified atom stereocenters. The van der Waals surface area contributed by atoms with E-state index in [1.807, 2.05) is 30.6 Å². The molecule has 25 heavy (non-hydrogen) atoms. The number of carboxylic acids is 1. The molecule has 3 rings (SSSR count). The van der Waals surface area contributed by atoms with Crippen molar-refractivity contribution in [3.05, 3.63) is 59.2 Å². The third kappa shape index (κ3) is 4.42. The number of hydrogen-bond donors (Lipinski definition) is 1.